The zero-order valence-electron chi connectivity index (χ0n) is 8.68. The van der Waals surface area contributed by atoms with Crippen molar-refractivity contribution in [3.63, 3.8) is 0 Å². The van der Waals surface area contributed by atoms with Crippen molar-refractivity contribution >= 4 is 6.02 Å². The SMILES string of the molecule is CN=C1NC2C(CC(C(F)F)C(O)C2O)O1. The number of rotatable bonds is 1. The third kappa shape index (κ3) is 1.73. The van der Waals surface area contributed by atoms with Crippen LogP contribution in [0.15, 0.2) is 4.99 Å². The molecule has 1 aliphatic heterocycles. The molecule has 5 atom stereocenters. The third-order valence-corrected chi connectivity index (χ3v) is 3.14. The molecule has 5 nitrogen and oxygen atoms in total. The summed E-state index contributed by atoms with van der Waals surface area (Å²) in [5, 5.41) is 22.0. The summed E-state index contributed by atoms with van der Waals surface area (Å²) < 4.78 is 30.5. The van der Waals surface area contributed by atoms with Gasteiger partial charge >= 0.3 is 0 Å². The van der Waals surface area contributed by atoms with Crippen molar-refractivity contribution in [2.75, 3.05) is 7.05 Å². The molecule has 1 saturated carbocycles. The Hall–Kier alpha value is -0.950. The number of aliphatic imine (C=N–C) groups is 1. The van der Waals surface area contributed by atoms with E-state index in [1.165, 1.54) is 7.05 Å². The Balaban J connectivity index is 2.15. The average Bonchev–Trinajstić information content (AvgIpc) is 2.66. The molecule has 0 aromatic carbocycles. The van der Waals surface area contributed by atoms with Gasteiger partial charge in [0.05, 0.1) is 18.1 Å². The summed E-state index contributed by atoms with van der Waals surface area (Å²) >= 11 is 0. The number of aliphatic hydroxyl groups is 2. The van der Waals surface area contributed by atoms with Crippen LogP contribution < -0.4 is 5.32 Å². The molecule has 0 aromatic rings. The molecule has 0 bridgehead atoms. The summed E-state index contributed by atoms with van der Waals surface area (Å²) in [5.41, 5.74) is 0. The van der Waals surface area contributed by atoms with Crippen molar-refractivity contribution in [3.8, 4) is 0 Å². The van der Waals surface area contributed by atoms with Gasteiger partial charge in [-0.2, -0.15) is 0 Å². The number of hydrogen-bond donors (Lipinski definition) is 3. The van der Waals surface area contributed by atoms with E-state index in [1.807, 2.05) is 0 Å². The van der Waals surface area contributed by atoms with Gasteiger partial charge in [-0.3, -0.25) is 0 Å². The Bertz CT molecular complexity index is 300. The topological polar surface area (TPSA) is 74.1 Å². The van der Waals surface area contributed by atoms with Crippen LogP contribution >= 0.6 is 0 Å². The van der Waals surface area contributed by atoms with Crippen molar-refractivity contribution in [2.45, 2.75) is 37.2 Å². The maximum Gasteiger partial charge on any atom is 0.285 e. The summed E-state index contributed by atoms with van der Waals surface area (Å²) in [6.45, 7) is 0. The van der Waals surface area contributed by atoms with Crippen LogP contribution in [0.25, 0.3) is 0 Å². The first kappa shape index (κ1) is 11.5. The molecular weight excluding hydrogens is 222 g/mol. The molecule has 2 aliphatic rings. The number of aliphatic hydroxyl groups excluding tert-OH is 2. The Morgan fingerprint density at radius 1 is 1.44 bits per heavy atom. The molecule has 1 aliphatic carbocycles. The molecule has 0 radical (unpaired) electrons. The first-order valence-electron chi connectivity index (χ1n) is 5.09. The normalized spacial score (nSPS) is 45.4. The molecule has 2 rings (SSSR count). The highest BCUT2D eigenvalue weighted by atomic mass is 19.3. The van der Waals surface area contributed by atoms with Gasteiger partial charge in [0.25, 0.3) is 6.02 Å². The van der Waals surface area contributed by atoms with Gasteiger partial charge in [0, 0.05) is 7.05 Å². The van der Waals surface area contributed by atoms with Gasteiger partial charge in [0.15, 0.2) is 0 Å². The van der Waals surface area contributed by atoms with Gasteiger partial charge in [-0.25, -0.2) is 13.8 Å². The third-order valence-electron chi connectivity index (χ3n) is 3.14. The van der Waals surface area contributed by atoms with E-state index in [4.69, 9.17) is 4.74 Å². The minimum Gasteiger partial charge on any atom is -0.460 e. The summed E-state index contributed by atoms with van der Waals surface area (Å²) in [5.74, 6) is -1.26. The van der Waals surface area contributed by atoms with E-state index in [2.05, 4.69) is 10.3 Å². The van der Waals surface area contributed by atoms with E-state index in [0.717, 1.165) is 0 Å². The lowest BCUT2D eigenvalue weighted by atomic mass is 9.80. The van der Waals surface area contributed by atoms with Crippen LogP contribution in [0.3, 0.4) is 0 Å². The fourth-order valence-corrected chi connectivity index (χ4v) is 2.23. The monoisotopic (exact) mass is 236 g/mol. The van der Waals surface area contributed by atoms with Crippen molar-refractivity contribution in [1.82, 2.24) is 5.32 Å². The molecule has 92 valence electrons. The lowest BCUT2D eigenvalue weighted by Crippen LogP contribution is -2.57. The molecule has 3 N–H and O–H groups in total. The fraction of sp³-hybridized carbons (Fsp3) is 0.889. The lowest BCUT2D eigenvalue weighted by molar-refractivity contribution is -0.123. The largest absolute Gasteiger partial charge is 0.460 e. The number of amidine groups is 1. The fourth-order valence-electron chi connectivity index (χ4n) is 2.23. The predicted molar refractivity (Wildman–Crippen MR) is 51.3 cm³/mol. The first-order chi connectivity index (χ1) is 7.54. The van der Waals surface area contributed by atoms with Crippen LogP contribution in [0.2, 0.25) is 0 Å². The van der Waals surface area contributed by atoms with Crippen molar-refractivity contribution < 1.29 is 23.7 Å². The second-order valence-corrected chi connectivity index (χ2v) is 4.07. The summed E-state index contributed by atoms with van der Waals surface area (Å²) in [6, 6.07) is -0.347. The van der Waals surface area contributed by atoms with Crippen molar-refractivity contribution in [2.24, 2.45) is 10.9 Å². The van der Waals surface area contributed by atoms with Gasteiger partial charge in [-0.1, -0.05) is 0 Å². The van der Waals surface area contributed by atoms with Crippen LogP contribution in [0.1, 0.15) is 6.42 Å². The van der Waals surface area contributed by atoms with E-state index in [1.54, 1.807) is 0 Å². The van der Waals surface area contributed by atoms with Crippen molar-refractivity contribution in [1.29, 1.82) is 0 Å². The lowest BCUT2D eigenvalue weighted by Gasteiger charge is -2.37. The molecule has 5 unspecified atom stereocenters. The molecular formula is C9H14F2N2O3. The highest BCUT2D eigenvalue weighted by molar-refractivity contribution is 5.76. The molecule has 0 spiro atoms. The van der Waals surface area contributed by atoms with Gasteiger partial charge in [0.2, 0.25) is 6.43 Å². The molecule has 16 heavy (non-hydrogen) atoms. The van der Waals surface area contributed by atoms with E-state index in [9.17, 15) is 19.0 Å². The number of hydrogen-bond acceptors (Lipinski definition) is 4. The van der Waals surface area contributed by atoms with Gasteiger partial charge in [-0.05, 0) is 6.42 Å². The number of alkyl halides is 2. The number of nitrogens with zero attached hydrogens (tertiary/aromatic N) is 1. The van der Waals surface area contributed by atoms with Gasteiger partial charge < -0.3 is 20.3 Å². The number of fused-ring (bicyclic) bond motifs is 1. The minimum atomic E-state index is -2.67. The second kappa shape index (κ2) is 4.14. The predicted octanol–water partition coefficient (Wildman–Crippen LogP) is -0.664. The average molecular weight is 236 g/mol. The molecule has 1 saturated heterocycles. The maximum atomic E-state index is 12.6. The molecule has 7 heteroatoms. The zero-order valence-corrected chi connectivity index (χ0v) is 8.68. The Morgan fingerprint density at radius 2 is 2.12 bits per heavy atom. The highest BCUT2D eigenvalue weighted by Gasteiger charge is 2.51. The first-order valence-corrected chi connectivity index (χ1v) is 5.09. The van der Waals surface area contributed by atoms with E-state index < -0.39 is 36.7 Å². The zero-order chi connectivity index (χ0) is 11.9. The van der Waals surface area contributed by atoms with Crippen LogP contribution in [0, 0.1) is 5.92 Å². The second-order valence-electron chi connectivity index (χ2n) is 4.07. The summed E-state index contributed by atoms with van der Waals surface area (Å²) in [7, 11) is 1.49. The summed E-state index contributed by atoms with van der Waals surface area (Å²) in [6.07, 6.45) is -5.93. The van der Waals surface area contributed by atoms with E-state index in [0.29, 0.717) is 0 Å². The summed E-state index contributed by atoms with van der Waals surface area (Å²) in [4.78, 5) is 3.74. The van der Waals surface area contributed by atoms with Gasteiger partial charge in [-0.15, -0.1) is 0 Å². The Labute approximate surface area is 91.1 Å². The highest BCUT2D eigenvalue weighted by Crippen LogP contribution is 2.34. The quantitative estimate of drug-likeness (QED) is 0.565. The van der Waals surface area contributed by atoms with Gasteiger partial charge in [0.1, 0.15) is 12.2 Å². The molecule has 0 aromatic heterocycles. The number of nitrogens with one attached hydrogen (secondary N) is 1. The minimum absolute atomic E-state index is 0.00653. The van der Waals surface area contributed by atoms with Crippen LogP contribution in [0.4, 0.5) is 8.78 Å². The van der Waals surface area contributed by atoms with E-state index in [-0.39, 0.29) is 12.4 Å². The number of halogens is 2. The Morgan fingerprint density at radius 3 is 2.69 bits per heavy atom. The number of ether oxygens (including phenoxy) is 1. The van der Waals surface area contributed by atoms with E-state index >= 15 is 0 Å². The Kier molecular flexibility index (Phi) is 2.98. The standard InChI is InChI=1S/C9H14F2N2O3/c1-12-9-13-5-4(16-9)2-3(8(10)11)6(14)7(5)15/h3-8,14-15H,2H2,1H3,(H,12,13). The maximum absolute atomic E-state index is 12.6. The smallest absolute Gasteiger partial charge is 0.285 e. The van der Waals surface area contributed by atoms with Crippen LogP contribution in [-0.2, 0) is 4.74 Å². The molecule has 2 fully saturated rings. The molecule has 1 heterocycles. The molecule has 0 amide bonds. The van der Waals surface area contributed by atoms with Crippen molar-refractivity contribution in [3.05, 3.63) is 0 Å². The van der Waals surface area contributed by atoms with Crippen LogP contribution in [-0.4, -0.2) is 54.1 Å². The van der Waals surface area contributed by atoms with Crippen LogP contribution in [0.5, 0.6) is 0 Å².